The molecule has 4 N–H and O–H groups in total. The van der Waals surface area contributed by atoms with Gasteiger partial charge in [0.1, 0.15) is 17.4 Å². The Morgan fingerprint density at radius 2 is 1.69 bits per heavy atom. The standard InChI is InChI=1S/C36H44F2N6O5/c1-3-4-15-44(36(48)41-32-20-29(34(39)46)30(37)21-31(32)38)26-11-16-42(17-12-26)22-25-7-10-33(40-23(25)2)49-28-8-5-24(6-9-28)35(47)43-18-13-27(45)14-19-43/h5-10,20-21,26-27,45H,3-4,11-19,22H2,1-2H3,(H2,39,46)(H,41,48). The average molecular weight is 679 g/mol. The van der Waals surface area contributed by atoms with Gasteiger partial charge in [-0.05, 0) is 74.9 Å². The van der Waals surface area contributed by atoms with Crippen molar-refractivity contribution >= 4 is 23.5 Å². The van der Waals surface area contributed by atoms with Gasteiger partial charge in [0, 0.05) is 68.7 Å². The lowest BCUT2D eigenvalue weighted by Crippen LogP contribution is -2.49. The normalized spacial score (nSPS) is 16.0. The van der Waals surface area contributed by atoms with Crippen LogP contribution in [0.15, 0.2) is 48.5 Å². The number of aryl methyl sites for hydroxylation is 1. The molecule has 4 amide bonds. The van der Waals surface area contributed by atoms with Crippen molar-refractivity contribution in [2.45, 2.75) is 71.1 Å². The largest absolute Gasteiger partial charge is 0.439 e. The van der Waals surface area contributed by atoms with Crippen molar-refractivity contribution < 1.29 is 33.0 Å². The summed E-state index contributed by atoms with van der Waals surface area (Å²) in [7, 11) is 0. The third kappa shape index (κ3) is 9.09. The van der Waals surface area contributed by atoms with Crippen LogP contribution in [0.3, 0.4) is 0 Å². The first-order valence-electron chi connectivity index (χ1n) is 16.8. The number of aromatic nitrogens is 1. The SMILES string of the molecule is CCCCN(C(=O)Nc1cc(C(N)=O)c(F)cc1F)C1CCN(Cc2ccc(Oc3ccc(C(=O)N4CCC(O)CC4)cc3)nc2C)CC1. The summed E-state index contributed by atoms with van der Waals surface area (Å²) in [4.78, 5) is 48.1. The first kappa shape index (κ1) is 35.7. The third-order valence-corrected chi connectivity index (χ3v) is 9.21. The Kier molecular flexibility index (Phi) is 11.8. The van der Waals surface area contributed by atoms with E-state index in [-0.39, 0.29) is 23.7 Å². The minimum atomic E-state index is -1.08. The van der Waals surface area contributed by atoms with E-state index in [0.717, 1.165) is 43.3 Å². The molecule has 5 rings (SSSR count). The number of carbonyl (C=O) groups excluding carboxylic acids is 3. The molecule has 2 aliphatic rings. The summed E-state index contributed by atoms with van der Waals surface area (Å²) in [6, 6.07) is 11.7. The number of nitrogens with one attached hydrogen (secondary N) is 1. The summed E-state index contributed by atoms with van der Waals surface area (Å²) in [5.74, 6) is -2.16. The van der Waals surface area contributed by atoms with Crippen molar-refractivity contribution in [2.24, 2.45) is 5.73 Å². The van der Waals surface area contributed by atoms with Crippen LogP contribution in [-0.4, -0.2) is 87.5 Å². The number of unbranched alkanes of at least 4 members (excludes halogenated alkanes) is 1. The Bertz CT molecular complexity index is 1640. The number of primary amides is 1. The van der Waals surface area contributed by atoms with E-state index in [4.69, 9.17) is 10.5 Å². The van der Waals surface area contributed by atoms with Gasteiger partial charge in [0.2, 0.25) is 5.88 Å². The van der Waals surface area contributed by atoms with E-state index in [1.54, 1.807) is 34.1 Å². The van der Waals surface area contributed by atoms with Gasteiger partial charge in [-0.2, -0.15) is 0 Å². The lowest BCUT2D eigenvalue weighted by atomic mass is 10.0. The fourth-order valence-corrected chi connectivity index (χ4v) is 6.26. The molecule has 2 fully saturated rings. The number of ether oxygens (including phenoxy) is 1. The number of amides is 4. The van der Waals surface area contributed by atoms with Crippen molar-refractivity contribution in [1.82, 2.24) is 19.7 Å². The Labute approximate surface area is 285 Å². The van der Waals surface area contributed by atoms with Crippen LogP contribution in [0.4, 0.5) is 19.3 Å². The Morgan fingerprint density at radius 3 is 2.33 bits per heavy atom. The number of anilines is 1. The smallest absolute Gasteiger partial charge is 0.322 e. The second-order valence-corrected chi connectivity index (χ2v) is 12.7. The molecule has 2 aromatic carbocycles. The molecule has 0 bridgehead atoms. The van der Waals surface area contributed by atoms with Gasteiger partial charge < -0.3 is 30.7 Å². The summed E-state index contributed by atoms with van der Waals surface area (Å²) >= 11 is 0. The maximum absolute atomic E-state index is 14.5. The first-order valence-corrected chi connectivity index (χ1v) is 16.8. The Balaban J connectivity index is 1.14. The second-order valence-electron chi connectivity index (χ2n) is 12.7. The zero-order valence-electron chi connectivity index (χ0n) is 28.0. The number of rotatable bonds is 11. The predicted octanol–water partition coefficient (Wildman–Crippen LogP) is 5.45. The predicted molar refractivity (Wildman–Crippen MR) is 180 cm³/mol. The molecule has 2 saturated heterocycles. The van der Waals surface area contributed by atoms with Crippen LogP contribution in [0.25, 0.3) is 0 Å². The van der Waals surface area contributed by atoms with Crippen LogP contribution in [-0.2, 0) is 6.54 Å². The van der Waals surface area contributed by atoms with E-state index >= 15 is 0 Å². The number of hydrogen-bond donors (Lipinski definition) is 3. The highest BCUT2D eigenvalue weighted by Gasteiger charge is 2.29. The molecular formula is C36H44F2N6O5. The molecule has 262 valence electrons. The van der Waals surface area contributed by atoms with Gasteiger partial charge in [-0.25, -0.2) is 18.6 Å². The zero-order chi connectivity index (χ0) is 35.1. The quantitative estimate of drug-likeness (QED) is 0.245. The van der Waals surface area contributed by atoms with Crippen LogP contribution >= 0.6 is 0 Å². The molecule has 0 unspecified atom stereocenters. The fourth-order valence-electron chi connectivity index (χ4n) is 6.26. The highest BCUT2D eigenvalue weighted by atomic mass is 19.1. The molecule has 3 heterocycles. The van der Waals surface area contributed by atoms with Crippen LogP contribution in [0, 0.1) is 18.6 Å². The van der Waals surface area contributed by atoms with Gasteiger partial charge in [-0.1, -0.05) is 19.4 Å². The Hall–Kier alpha value is -4.62. The van der Waals surface area contributed by atoms with Crippen molar-refractivity contribution in [3.05, 3.63) is 82.5 Å². The number of nitrogens with zero attached hydrogens (tertiary/aromatic N) is 4. The molecule has 0 radical (unpaired) electrons. The molecule has 0 atom stereocenters. The van der Waals surface area contributed by atoms with Crippen molar-refractivity contribution in [3.63, 3.8) is 0 Å². The molecule has 3 aromatic rings. The topological polar surface area (TPSA) is 141 Å². The minimum Gasteiger partial charge on any atom is -0.439 e. The van der Waals surface area contributed by atoms with Crippen molar-refractivity contribution in [3.8, 4) is 11.6 Å². The molecule has 2 aliphatic heterocycles. The number of nitrogens with two attached hydrogens (primary N) is 1. The maximum atomic E-state index is 14.5. The molecule has 1 aromatic heterocycles. The van der Waals surface area contributed by atoms with Gasteiger partial charge in [0.15, 0.2) is 0 Å². The number of aliphatic hydroxyl groups is 1. The number of likely N-dealkylation sites (tertiary alicyclic amines) is 2. The average Bonchev–Trinajstić information content (AvgIpc) is 3.08. The van der Waals surface area contributed by atoms with Crippen LogP contribution in [0.2, 0.25) is 0 Å². The molecular weight excluding hydrogens is 634 g/mol. The number of halogens is 2. The fraction of sp³-hybridized carbons (Fsp3) is 0.444. The summed E-state index contributed by atoms with van der Waals surface area (Å²) < 4.78 is 34.4. The van der Waals surface area contributed by atoms with Gasteiger partial charge in [-0.3, -0.25) is 14.5 Å². The number of pyridine rings is 1. The number of hydrogen-bond acceptors (Lipinski definition) is 7. The minimum absolute atomic E-state index is 0.0571. The van der Waals surface area contributed by atoms with Gasteiger partial charge in [-0.15, -0.1) is 0 Å². The van der Waals surface area contributed by atoms with Crippen LogP contribution in [0.5, 0.6) is 11.6 Å². The van der Waals surface area contributed by atoms with Gasteiger partial charge in [0.25, 0.3) is 11.8 Å². The van der Waals surface area contributed by atoms with Crippen LogP contribution in [0.1, 0.15) is 77.4 Å². The lowest BCUT2D eigenvalue weighted by molar-refractivity contribution is 0.0546. The zero-order valence-corrected chi connectivity index (χ0v) is 28.0. The Morgan fingerprint density at radius 1 is 1.00 bits per heavy atom. The van der Waals surface area contributed by atoms with Crippen LogP contribution < -0.4 is 15.8 Å². The summed E-state index contributed by atoms with van der Waals surface area (Å²) in [6.45, 7) is 7.66. The lowest BCUT2D eigenvalue weighted by Gasteiger charge is -2.38. The molecule has 11 nitrogen and oxygen atoms in total. The summed E-state index contributed by atoms with van der Waals surface area (Å²) in [5, 5.41) is 12.2. The third-order valence-electron chi connectivity index (χ3n) is 9.21. The first-order chi connectivity index (χ1) is 23.5. The number of aliphatic hydroxyl groups excluding tert-OH is 1. The molecule has 49 heavy (non-hydrogen) atoms. The molecule has 13 heteroatoms. The number of piperidine rings is 2. The summed E-state index contributed by atoms with van der Waals surface area (Å²) in [5.41, 5.74) is 6.87. The van der Waals surface area contributed by atoms with E-state index in [2.05, 4.69) is 15.2 Å². The van der Waals surface area contributed by atoms with Gasteiger partial charge >= 0.3 is 6.03 Å². The number of urea groups is 1. The molecule has 0 spiro atoms. The van der Waals surface area contributed by atoms with E-state index < -0.39 is 29.1 Å². The second kappa shape index (κ2) is 16.2. The monoisotopic (exact) mass is 678 g/mol. The van der Waals surface area contributed by atoms with E-state index in [0.29, 0.717) is 75.1 Å². The van der Waals surface area contributed by atoms with E-state index in [9.17, 15) is 28.3 Å². The van der Waals surface area contributed by atoms with Crippen molar-refractivity contribution in [1.29, 1.82) is 0 Å². The van der Waals surface area contributed by atoms with Crippen molar-refractivity contribution in [2.75, 3.05) is 38.0 Å². The molecule has 0 saturated carbocycles. The van der Waals surface area contributed by atoms with Gasteiger partial charge in [0.05, 0.1) is 17.4 Å². The highest BCUT2D eigenvalue weighted by molar-refractivity contribution is 5.96. The van der Waals surface area contributed by atoms with E-state index in [1.165, 1.54) is 0 Å². The number of benzene rings is 2. The highest BCUT2D eigenvalue weighted by Crippen LogP contribution is 2.26. The maximum Gasteiger partial charge on any atom is 0.322 e. The molecule has 0 aliphatic carbocycles. The number of carbonyl (C=O) groups is 3. The summed E-state index contributed by atoms with van der Waals surface area (Å²) in [6.07, 6.45) is 3.89. The van der Waals surface area contributed by atoms with E-state index in [1.807, 2.05) is 26.0 Å².